The number of rotatable bonds is 9. The van der Waals surface area contributed by atoms with Crippen LogP contribution in [-0.4, -0.2) is 54.9 Å². The fraction of sp³-hybridized carbons (Fsp3) is 0.444. The highest BCUT2D eigenvalue weighted by Crippen LogP contribution is 2.30. The van der Waals surface area contributed by atoms with E-state index in [1.807, 2.05) is 13.8 Å². The van der Waals surface area contributed by atoms with E-state index in [1.54, 1.807) is 22.9 Å². The van der Waals surface area contributed by atoms with Gasteiger partial charge in [-0.3, -0.25) is 0 Å². The number of aromatic nitrogens is 5. The van der Waals surface area contributed by atoms with Gasteiger partial charge in [-0.1, -0.05) is 24.3 Å². The fourth-order valence-electron chi connectivity index (χ4n) is 2.77. The number of phenols is 1. The Labute approximate surface area is 162 Å². The van der Waals surface area contributed by atoms with Crippen molar-refractivity contribution in [2.45, 2.75) is 39.4 Å². The van der Waals surface area contributed by atoms with Crippen molar-refractivity contribution in [2.24, 2.45) is 0 Å². The Morgan fingerprint density at radius 1 is 1.25 bits per heavy atom. The van der Waals surface area contributed by atoms with Crippen LogP contribution < -0.4 is 15.4 Å². The molecule has 2 aromatic heterocycles. The van der Waals surface area contributed by atoms with Crippen LogP contribution in [0, 0.1) is 0 Å². The molecule has 0 saturated heterocycles. The molecule has 1 aromatic carbocycles. The van der Waals surface area contributed by atoms with Crippen LogP contribution in [0.2, 0.25) is 0 Å². The van der Waals surface area contributed by atoms with Crippen molar-refractivity contribution in [2.75, 3.05) is 24.4 Å². The number of nitrogens with one attached hydrogen (secondary N) is 2. The van der Waals surface area contributed by atoms with E-state index in [4.69, 9.17) is 4.74 Å². The molecule has 1 unspecified atom stereocenters. The highest BCUT2D eigenvalue weighted by molar-refractivity contribution is 5.83. The molecule has 3 aromatic rings. The number of phenolic OH excluding ortho intramolecular Hbond substituents is 1. The lowest BCUT2D eigenvalue weighted by atomic mass is 10.2. The average Bonchev–Trinajstić information content (AvgIpc) is 3.14. The first-order valence-corrected chi connectivity index (χ1v) is 9.18. The topological polar surface area (TPSA) is 130 Å². The quantitative estimate of drug-likeness (QED) is 0.434. The molecule has 0 aliphatic heterocycles. The van der Waals surface area contributed by atoms with Gasteiger partial charge in [-0.2, -0.15) is 9.97 Å². The molecule has 4 N–H and O–H groups in total. The molecule has 10 heteroatoms. The predicted octanol–water partition coefficient (Wildman–Crippen LogP) is 1.75. The Balaban J connectivity index is 1.94. The Morgan fingerprint density at radius 2 is 2.07 bits per heavy atom. The Kier molecular flexibility index (Phi) is 6.09. The van der Waals surface area contributed by atoms with Crippen molar-refractivity contribution >= 4 is 22.9 Å². The summed E-state index contributed by atoms with van der Waals surface area (Å²) >= 11 is 0. The number of aryl methyl sites for hydroxylation is 1. The molecule has 0 radical (unpaired) electrons. The van der Waals surface area contributed by atoms with Gasteiger partial charge < -0.3 is 25.6 Å². The molecule has 28 heavy (non-hydrogen) atoms. The first kappa shape index (κ1) is 19.6. The molecule has 3 rings (SSSR count). The smallest absolute Gasteiger partial charge is 0.227 e. The van der Waals surface area contributed by atoms with E-state index in [0.29, 0.717) is 47.3 Å². The SMILES string of the molecule is CCC(CO)Nc1nc(NCc2cccc(OC)c2O)c2nnn(CC)c2n1. The molecule has 0 amide bonds. The molecule has 0 fully saturated rings. The minimum absolute atomic E-state index is 0.0242. The highest BCUT2D eigenvalue weighted by atomic mass is 16.5. The van der Waals surface area contributed by atoms with E-state index in [2.05, 4.69) is 30.9 Å². The van der Waals surface area contributed by atoms with Crippen LogP contribution in [0.3, 0.4) is 0 Å². The number of aliphatic hydroxyl groups is 1. The standard InChI is InChI=1S/C18H25N7O3/c1-4-12(10-26)20-18-21-16(14-17(22-18)25(5-2)24-23-14)19-9-11-7-6-8-13(28-3)15(11)27/h6-8,12,26-27H,4-5,9-10H2,1-3H3,(H2,19,20,21,22). The number of hydrogen-bond donors (Lipinski definition) is 4. The van der Waals surface area contributed by atoms with E-state index in [0.717, 1.165) is 6.42 Å². The summed E-state index contributed by atoms with van der Waals surface area (Å²) in [5.41, 5.74) is 1.78. The van der Waals surface area contributed by atoms with Gasteiger partial charge in [-0.05, 0) is 19.4 Å². The van der Waals surface area contributed by atoms with Crippen LogP contribution in [0.25, 0.3) is 11.2 Å². The van der Waals surface area contributed by atoms with Gasteiger partial charge >= 0.3 is 0 Å². The van der Waals surface area contributed by atoms with Crippen molar-refractivity contribution < 1.29 is 14.9 Å². The molecular formula is C18H25N7O3. The van der Waals surface area contributed by atoms with E-state index < -0.39 is 0 Å². The molecule has 0 aliphatic carbocycles. The van der Waals surface area contributed by atoms with Gasteiger partial charge in [0.25, 0.3) is 0 Å². The van der Waals surface area contributed by atoms with E-state index >= 15 is 0 Å². The van der Waals surface area contributed by atoms with Crippen LogP contribution in [0.5, 0.6) is 11.5 Å². The van der Waals surface area contributed by atoms with Crippen LogP contribution in [0.4, 0.5) is 11.8 Å². The van der Waals surface area contributed by atoms with E-state index in [1.165, 1.54) is 7.11 Å². The lowest BCUT2D eigenvalue weighted by molar-refractivity contribution is 0.271. The van der Waals surface area contributed by atoms with Crippen molar-refractivity contribution in [3.63, 3.8) is 0 Å². The van der Waals surface area contributed by atoms with Gasteiger partial charge in [0.15, 0.2) is 28.5 Å². The van der Waals surface area contributed by atoms with E-state index in [-0.39, 0.29) is 18.4 Å². The summed E-state index contributed by atoms with van der Waals surface area (Å²) in [4.78, 5) is 9.00. The Bertz CT molecular complexity index is 940. The third kappa shape index (κ3) is 3.91. The van der Waals surface area contributed by atoms with Crippen molar-refractivity contribution in [3.8, 4) is 11.5 Å². The summed E-state index contributed by atoms with van der Waals surface area (Å²) in [5, 5.41) is 34.4. The van der Waals surface area contributed by atoms with Gasteiger partial charge in [0.1, 0.15) is 0 Å². The monoisotopic (exact) mass is 387 g/mol. The van der Waals surface area contributed by atoms with Gasteiger partial charge in [0.2, 0.25) is 5.95 Å². The second kappa shape index (κ2) is 8.70. The maximum atomic E-state index is 10.3. The third-order valence-electron chi connectivity index (χ3n) is 4.46. The first-order chi connectivity index (χ1) is 13.6. The second-order valence-corrected chi connectivity index (χ2v) is 6.23. The van der Waals surface area contributed by atoms with Crippen LogP contribution in [-0.2, 0) is 13.1 Å². The van der Waals surface area contributed by atoms with Crippen LogP contribution in [0.15, 0.2) is 18.2 Å². The molecule has 0 saturated carbocycles. The highest BCUT2D eigenvalue weighted by Gasteiger charge is 2.16. The van der Waals surface area contributed by atoms with Crippen molar-refractivity contribution in [1.82, 2.24) is 25.0 Å². The molecule has 0 bridgehead atoms. The maximum Gasteiger partial charge on any atom is 0.227 e. The van der Waals surface area contributed by atoms with Crippen molar-refractivity contribution in [3.05, 3.63) is 23.8 Å². The molecule has 150 valence electrons. The molecule has 0 aliphatic rings. The molecule has 1 atom stereocenters. The number of methoxy groups -OCH3 is 1. The number of anilines is 2. The molecule has 2 heterocycles. The summed E-state index contributed by atoms with van der Waals surface area (Å²) in [7, 11) is 1.51. The van der Waals surface area contributed by atoms with Crippen LogP contribution in [0.1, 0.15) is 25.8 Å². The Morgan fingerprint density at radius 3 is 2.75 bits per heavy atom. The maximum absolute atomic E-state index is 10.3. The zero-order valence-electron chi connectivity index (χ0n) is 16.2. The van der Waals surface area contributed by atoms with Gasteiger partial charge in [-0.25, -0.2) is 4.68 Å². The number of fused-ring (bicyclic) bond motifs is 1. The minimum Gasteiger partial charge on any atom is -0.504 e. The molecule has 10 nitrogen and oxygen atoms in total. The first-order valence-electron chi connectivity index (χ1n) is 9.18. The normalized spacial score (nSPS) is 12.1. The second-order valence-electron chi connectivity index (χ2n) is 6.23. The summed E-state index contributed by atoms with van der Waals surface area (Å²) in [6.45, 7) is 4.82. The number of ether oxygens (including phenoxy) is 1. The number of para-hydroxylation sites is 1. The number of benzene rings is 1. The number of aromatic hydroxyl groups is 1. The Hall–Kier alpha value is -3.14. The van der Waals surface area contributed by atoms with Crippen molar-refractivity contribution in [1.29, 1.82) is 0 Å². The average molecular weight is 387 g/mol. The van der Waals surface area contributed by atoms with Gasteiger partial charge in [-0.15, -0.1) is 5.10 Å². The van der Waals surface area contributed by atoms with Gasteiger partial charge in [0.05, 0.1) is 19.8 Å². The molecule has 0 spiro atoms. The largest absolute Gasteiger partial charge is 0.504 e. The van der Waals surface area contributed by atoms with Gasteiger partial charge in [0, 0.05) is 18.7 Å². The summed E-state index contributed by atoms with van der Waals surface area (Å²) in [5.74, 6) is 1.34. The number of nitrogens with zero attached hydrogens (tertiary/aromatic N) is 5. The fourth-order valence-corrected chi connectivity index (χ4v) is 2.77. The zero-order chi connectivity index (χ0) is 20.1. The predicted molar refractivity (Wildman–Crippen MR) is 106 cm³/mol. The third-order valence-corrected chi connectivity index (χ3v) is 4.46. The number of aliphatic hydroxyl groups excluding tert-OH is 1. The van der Waals surface area contributed by atoms with E-state index in [9.17, 15) is 10.2 Å². The molecular weight excluding hydrogens is 362 g/mol. The minimum atomic E-state index is -0.154. The summed E-state index contributed by atoms with van der Waals surface area (Å²) in [6.07, 6.45) is 0.726. The lowest BCUT2D eigenvalue weighted by Crippen LogP contribution is -2.24. The zero-order valence-corrected chi connectivity index (χ0v) is 16.2. The summed E-state index contributed by atoms with van der Waals surface area (Å²) < 4.78 is 6.83. The lowest BCUT2D eigenvalue weighted by Gasteiger charge is -2.15. The summed E-state index contributed by atoms with van der Waals surface area (Å²) in [6, 6.07) is 5.14. The number of hydrogen-bond acceptors (Lipinski definition) is 9. The van der Waals surface area contributed by atoms with Crippen LogP contribution >= 0.6 is 0 Å².